The number of piperidine rings is 1. The highest BCUT2D eigenvalue weighted by Crippen LogP contribution is 2.17. The highest BCUT2D eigenvalue weighted by molar-refractivity contribution is 5.87. The largest absolute Gasteiger partial charge is 0.341 e. The van der Waals surface area contributed by atoms with Crippen LogP contribution in [0, 0.1) is 5.92 Å². The monoisotopic (exact) mass is 309 g/mol. The summed E-state index contributed by atoms with van der Waals surface area (Å²) < 4.78 is 0. The minimum Gasteiger partial charge on any atom is -0.341 e. The SMILES string of the molecule is CC(C)[C@H](NC(=O)NC1CCCCC1)C(=O)N1CCCCC1. The standard InChI is InChI=1S/C17H31N3O2/c1-13(2)15(16(21)20-11-7-4-8-12-20)19-17(22)18-14-9-5-3-6-10-14/h13-15H,3-12H2,1-2H3,(H2,18,19,22)/t15-/m0/s1. The van der Waals surface area contributed by atoms with Crippen molar-refractivity contribution in [1.82, 2.24) is 15.5 Å². The first kappa shape index (κ1) is 17.1. The van der Waals surface area contributed by atoms with Crippen LogP contribution in [0.4, 0.5) is 4.79 Å². The third-order valence-corrected chi connectivity index (χ3v) is 4.83. The molecule has 0 bridgehead atoms. The number of hydrogen-bond acceptors (Lipinski definition) is 2. The lowest BCUT2D eigenvalue weighted by molar-refractivity contribution is -0.135. The van der Waals surface area contributed by atoms with Gasteiger partial charge in [-0.05, 0) is 38.0 Å². The molecule has 1 atom stereocenters. The Morgan fingerprint density at radius 2 is 1.55 bits per heavy atom. The summed E-state index contributed by atoms with van der Waals surface area (Å²) in [6.45, 7) is 5.64. The van der Waals surface area contributed by atoms with Gasteiger partial charge in [0.2, 0.25) is 5.91 Å². The van der Waals surface area contributed by atoms with Crippen LogP contribution in [-0.4, -0.2) is 42.0 Å². The number of likely N-dealkylation sites (tertiary alicyclic amines) is 1. The Bertz CT molecular complexity index is 372. The maximum absolute atomic E-state index is 12.7. The maximum atomic E-state index is 12.7. The van der Waals surface area contributed by atoms with Crippen molar-refractivity contribution < 1.29 is 9.59 Å². The molecule has 0 aromatic rings. The van der Waals surface area contributed by atoms with Crippen LogP contribution in [0.2, 0.25) is 0 Å². The van der Waals surface area contributed by atoms with E-state index >= 15 is 0 Å². The van der Waals surface area contributed by atoms with Crippen molar-refractivity contribution in [2.75, 3.05) is 13.1 Å². The molecule has 2 aliphatic rings. The van der Waals surface area contributed by atoms with E-state index in [4.69, 9.17) is 0 Å². The van der Waals surface area contributed by atoms with E-state index in [1.165, 1.54) is 25.7 Å². The predicted octanol–water partition coefficient (Wildman–Crippen LogP) is 2.66. The molecular formula is C17H31N3O2. The van der Waals surface area contributed by atoms with Gasteiger partial charge in [0, 0.05) is 19.1 Å². The zero-order valence-electron chi connectivity index (χ0n) is 14.1. The van der Waals surface area contributed by atoms with Crippen LogP contribution in [0.3, 0.4) is 0 Å². The summed E-state index contributed by atoms with van der Waals surface area (Å²) in [6.07, 6.45) is 9.10. The molecule has 0 aromatic heterocycles. The number of amides is 3. The highest BCUT2D eigenvalue weighted by Gasteiger charge is 2.29. The van der Waals surface area contributed by atoms with Gasteiger partial charge in [-0.2, -0.15) is 0 Å². The molecule has 0 aromatic carbocycles. The van der Waals surface area contributed by atoms with Gasteiger partial charge < -0.3 is 15.5 Å². The number of nitrogens with zero attached hydrogens (tertiary/aromatic N) is 1. The van der Waals surface area contributed by atoms with Gasteiger partial charge in [0.25, 0.3) is 0 Å². The molecule has 0 unspecified atom stereocenters. The number of carbonyl (C=O) groups excluding carboxylic acids is 2. The van der Waals surface area contributed by atoms with E-state index in [-0.39, 0.29) is 23.9 Å². The Balaban J connectivity index is 1.86. The average Bonchev–Trinajstić information content (AvgIpc) is 2.53. The van der Waals surface area contributed by atoms with E-state index < -0.39 is 6.04 Å². The zero-order valence-corrected chi connectivity index (χ0v) is 14.1. The Morgan fingerprint density at radius 3 is 2.14 bits per heavy atom. The van der Waals surface area contributed by atoms with E-state index in [1.807, 2.05) is 18.7 Å². The van der Waals surface area contributed by atoms with Crippen molar-refractivity contribution >= 4 is 11.9 Å². The predicted molar refractivity (Wildman–Crippen MR) is 87.6 cm³/mol. The molecule has 2 N–H and O–H groups in total. The van der Waals surface area contributed by atoms with Crippen LogP contribution < -0.4 is 10.6 Å². The summed E-state index contributed by atoms with van der Waals surface area (Å²) >= 11 is 0. The molecule has 0 spiro atoms. The van der Waals surface area contributed by atoms with Crippen molar-refractivity contribution in [3.05, 3.63) is 0 Å². The maximum Gasteiger partial charge on any atom is 0.315 e. The Morgan fingerprint density at radius 1 is 0.955 bits per heavy atom. The normalized spacial score (nSPS) is 21.5. The molecule has 0 radical (unpaired) electrons. The molecule has 5 heteroatoms. The topological polar surface area (TPSA) is 61.4 Å². The Labute approximate surface area is 134 Å². The fourth-order valence-electron chi connectivity index (χ4n) is 3.44. The Kier molecular flexibility index (Phi) is 6.52. The lowest BCUT2D eigenvalue weighted by Crippen LogP contribution is -2.55. The van der Waals surface area contributed by atoms with Gasteiger partial charge in [-0.15, -0.1) is 0 Å². The molecule has 126 valence electrons. The first-order valence-corrected chi connectivity index (χ1v) is 8.93. The fraction of sp³-hybridized carbons (Fsp3) is 0.882. The van der Waals surface area contributed by atoms with Crippen LogP contribution in [-0.2, 0) is 4.79 Å². The lowest BCUT2D eigenvalue weighted by Gasteiger charge is -2.33. The fourth-order valence-corrected chi connectivity index (χ4v) is 3.44. The molecular weight excluding hydrogens is 278 g/mol. The van der Waals surface area contributed by atoms with Crippen molar-refractivity contribution in [3.63, 3.8) is 0 Å². The summed E-state index contributed by atoms with van der Waals surface area (Å²) in [5, 5.41) is 5.96. The van der Waals surface area contributed by atoms with Crippen molar-refractivity contribution in [2.24, 2.45) is 5.92 Å². The first-order chi connectivity index (χ1) is 10.6. The number of carbonyl (C=O) groups is 2. The van der Waals surface area contributed by atoms with Gasteiger partial charge in [0.05, 0.1) is 0 Å². The Hall–Kier alpha value is -1.26. The smallest absolute Gasteiger partial charge is 0.315 e. The van der Waals surface area contributed by atoms with Crippen LogP contribution in [0.1, 0.15) is 65.2 Å². The zero-order chi connectivity index (χ0) is 15.9. The minimum absolute atomic E-state index is 0.0773. The quantitative estimate of drug-likeness (QED) is 0.838. The third kappa shape index (κ3) is 4.89. The van der Waals surface area contributed by atoms with Crippen molar-refractivity contribution in [1.29, 1.82) is 0 Å². The average molecular weight is 309 g/mol. The van der Waals surface area contributed by atoms with Crippen LogP contribution in [0.5, 0.6) is 0 Å². The molecule has 1 heterocycles. The van der Waals surface area contributed by atoms with Gasteiger partial charge in [0.15, 0.2) is 0 Å². The summed E-state index contributed by atoms with van der Waals surface area (Å²) in [6, 6.07) is -0.329. The van der Waals surface area contributed by atoms with Crippen molar-refractivity contribution in [2.45, 2.75) is 77.3 Å². The summed E-state index contributed by atoms with van der Waals surface area (Å²) in [5.41, 5.74) is 0. The second-order valence-electron chi connectivity index (χ2n) is 7.06. The minimum atomic E-state index is -0.415. The molecule has 22 heavy (non-hydrogen) atoms. The van der Waals surface area contributed by atoms with Gasteiger partial charge in [-0.25, -0.2) is 4.79 Å². The van der Waals surface area contributed by atoms with Crippen LogP contribution in [0.15, 0.2) is 0 Å². The van der Waals surface area contributed by atoms with E-state index in [2.05, 4.69) is 10.6 Å². The molecule has 5 nitrogen and oxygen atoms in total. The van der Waals surface area contributed by atoms with E-state index in [9.17, 15) is 9.59 Å². The molecule has 1 aliphatic heterocycles. The number of urea groups is 1. The van der Waals surface area contributed by atoms with Crippen LogP contribution in [0.25, 0.3) is 0 Å². The molecule has 1 saturated carbocycles. The van der Waals surface area contributed by atoms with Crippen LogP contribution >= 0.6 is 0 Å². The lowest BCUT2D eigenvalue weighted by atomic mass is 9.95. The van der Waals surface area contributed by atoms with E-state index in [0.29, 0.717) is 0 Å². The number of hydrogen-bond donors (Lipinski definition) is 2. The molecule has 2 fully saturated rings. The first-order valence-electron chi connectivity index (χ1n) is 8.93. The second-order valence-corrected chi connectivity index (χ2v) is 7.06. The van der Waals surface area contributed by atoms with E-state index in [1.54, 1.807) is 0 Å². The summed E-state index contributed by atoms with van der Waals surface area (Å²) in [7, 11) is 0. The summed E-state index contributed by atoms with van der Waals surface area (Å²) in [4.78, 5) is 26.8. The van der Waals surface area contributed by atoms with Gasteiger partial charge in [-0.1, -0.05) is 33.1 Å². The van der Waals surface area contributed by atoms with Gasteiger partial charge in [-0.3, -0.25) is 4.79 Å². The van der Waals surface area contributed by atoms with Crippen molar-refractivity contribution in [3.8, 4) is 0 Å². The third-order valence-electron chi connectivity index (χ3n) is 4.83. The van der Waals surface area contributed by atoms with Gasteiger partial charge >= 0.3 is 6.03 Å². The number of nitrogens with one attached hydrogen (secondary N) is 2. The molecule has 2 rings (SSSR count). The number of rotatable bonds is 4. The van der Waals surface area contributed by atoms with Gasteiger partial charge in [0.1, 0.15) is 6.04 Å². The highest BCUT2D eigenvalue weighted by atomic mass is 16.2. The molecule has 1 saturated heterocycles. The molecule has 1 aliphatic carbocycles. The second kappa shape index (κ2) is 8.39. The van der Waals surface area contributed by atoms with E-state index in [0.717, 1.165) is 38.8 Å². The summed E-state index contributed by atoms with van der Waals surface area (Å²) in [5.74, 6) is 0.181. The molecule has 3 amide bonds.